The van der Waals surface area contributed by atoms with Crippen molar-refractivity contribution < 1.29 is 15.0 Å². The van der Waals surface area contributed by atoms with Crippen molar-refractivity contribution in [3.63, 3.8) is 0 Å². The van der Waals surface area contributed by atoms with Crippen LogP contribution in [-0.2, 0) is 17.6 Å². The third kappa shape index (κ3) is 3.15. The first-order chi connectivity index (χ1) is 15.0. The summed E-state index contributed by atoms with van der Waals surface area (Å²) in [5.74, 6) is -0.465. The molecular formula is C26H28N2O3. The van der Waals surface area contributed by atoms with Crippen molar-refractivity contribution in [1.29, 1.82) is 0 Å². The summed E-state index contributed by atoms with van der Waals surface area (Å²) < 4.78 is 0. The second-order valence-electron chi connectivity index (χ2n) is 8.92. The molecule has 2 heterocycles. The molecular weight excluding hydrogens is 388 g/mol. The molecule has 0 bridgehead atoms. The summed E-state index contributed by atoms with van der Waals surface area (Å²) in [6, 6.07) is 17.0. The van der Waals surface area contributed by atoms with Crippen molar-refractivity contribution >= 4 is 5.91 Å². The molecule has 31 heavy (non-hydrogen) atoms. The zero-order chi connectivity index (χ0) is 21.7. The summed E-state index contributed by atoms with van der Waals surface area (Å²) in [5.41, 5.74) is 5.39. The first-order valence-corrected chi connectivity index (χ1v) is 11.0. The van der Waals surface area contributed by atoms with Crippen LogP contribution in [0.3, 0.4) is 0 Å². The number of benzene rings is 2. The Kier molecular flexibility index (Phi) is 4.86. The summed E-state index contributed by atoms with van der Waals surface area (Å²) in [4.78, 5) is 17.0. The zero-order valence-electron chi connectivity index (χ0n) is 17.9. The van der Waals surface area contributed by atoms with Gasteiger partial charge in [0.25, 0.3) is 5.91 Å². The third-order valence-corrected chi connectivity index (χ3v) is 6.87. The lowest BCUT2D eigenvalue weighted by Gasteiger charge is -2.48. The topological polar surface area (TPSA) is 64.0 Å². The molecule has 0 saturated carbocycles. The molecule has 2 aromatic carbocycles. The molecule has 1 unspecified atom stereocenters. The highest BCUT2D eigenvalue weighted by atomic mass is 16.3. The first-order valence-electron chi connectivity index (χ1n) is 11.0. The molecule has 3 aliphatic rings. The molecule has 0 radical (unpaired) electrons. The van der Waals surface area contributed by atoms with Crippen molar-refractivity contribution in [2.24, 2.45) is 0 Å². The highest BCUT2D eigenvalue weighted by Gasteiger charge is 2.45. The van der Waals surface area contributed by atoms with Crippen LogP contribution in [0.5, 0.6) is 0 Å². The molecule has 5 nitrogen and oxygen atoms in total. The quantitative estimate of drug-likeness (QED) is 0.787. The van der Waals surface area contributed by atoms with E-state index in [-0.39, 0.29) is 35.4 Å². The maximum atomic E-state index is 13.3. The average molecular weight is 417 g/mol. The fraction of sp³-hybridized carbons (Fsp3) is 0.346. The van der Waals surface area contributed by atoms with Gasteiger partial charge in [0.1, 0.15) is 11.8 Å². The monoisotopic (exact) mass is 416 g/mol. The minimum absolute atomic E-state index is 0.0169. The van der Waals surface area contributed by atoms with Gasteiger partial charge in [0.15, 0.2) is 5.76 Å². The molecule has 1 amide bonds. The highest BCUT2D eigenvalue weighted by molar-refractivity contribution is 5.95. The Bertz CT molecular complexity index is 1040. The van der Waals surface area contributed by atoms with Crippen LogP contribution in [0, 0.1) is 0 Å². The van der Waals surface area contributed by atoms with Crippen LogP contribution in [-0.4, -0.2) is 50.7 Å². The molecule has 1 saturated heterocycles. The van der Waals surface area contributed by atoms with Gasteiger partial charge < -0.3 is 20.0 Å². The summed E-state index contributed by atoms with van der Waals surface area (Å²) in [7, 11) is 0. The van der Waals surface area contributed by atoms with Gasteiger partial charge >= 0.3 is 0 Å². The fourth-order valence-corrected chi connectivity index (χ4v) is 5.31. The van der Waals surface area contributed by atoms with Gasteiger partial charge in [0.05, 0.1) is 6.04 Å². The number of aryl methyl sites for hydroxylation is 2. The lowest BCUT2D eigenvalue weighted by molar-refractivity contribution is -0.135. The number of hydrogen-bond acceptors (Lipinski definition) is 4. The molecule has 5 rings (SSSR count). The maximum absolute atomic E-state index is 13.3. The predicted octanol–water partition coefficient (Wildman–Crippen LogP) is 3.50. The van der Waals surface area contributed by atoms with E-state index in [1.807, 2.05) is 23.6 Å². The zero-order valence-corrected chi connectivity index (χ0v) is 17.9. The SMILES string of the molecule is CC(C)N1C[C@H](C2c3ccccc3CCc3ccccc32)N2C=CC(O)C(O)=C2C1=O. The number of carbonyl (C=O) groups is 1. The van der Waals surface area contributed by atoms with Gasteiger partial charge in [0, 0.05) is 24.7 Å². The number of hydrogen-bond donors (Lipinski definition) is 2. The summed E-state index contributed by atoms with van der Waals surface area (Å²) in [6.07, 6.45) is 4.13. The lowest BCUT2D eigenvalue weighted by atomic mass is 9.80. The molecule has 0 aromatic heterocycles. The van der Waals surface area contributed by atoms with Crippen LogP contribution in [0.1, 0.15) is 42.0 Å². The standard InChI is InChI=1S/C26H28N2O3/c1-16(2)28-15-21(27-14-13-22(29)25(30)24(27)26(28)31)23-19-9-5-3-7-17(19)11-12-18-8-4-6-10-20(18)23/h3-10,13-14,16,21-23,29-30H,11-12,15H2,1-2H3/t21-,22?/m1/s1. The Hall–Kier alpha value is -3.05. The minimum atomic E-state index is -1.16. The number of rotatable bonds is 2. The van der Waals surface area contributed by atoms with Gasteiger partial charge in [-0.1, -0.05) is 48.5 Å². The number of piperazine rings is 1. The Morgan fingerprint density at radius 2 is 1.55 bits per heavy atom. The van der Waals surface area contributed by atoms with Crippen molar-refractivity contribution in [3.8, 4) is 0 Å². The number of aliphatic hydroxyl groups excluding tert-OH is 2. The van der Waals surface area contributed by atoms with Gasteiger partial charge in [0.2, 0.25) is 0 Å². The molecule has 1 fully saturated rings. The van der Waals surface area contributed by atoms with Gasteiger partial charge in [-0.05, 0) is 55.0 Å². The lowest BCUT2D eigenvalue weighted by Crippen LogP contribution is -2.58. The van der Waals surface area contributed by atoms with E-state index in [1.165, 1.54) is 22.3 Å². The molecule has 2 aliphatic heterocycles. The molecule has 5 heteroatoms. The average Bonchev–Trinajstić information content (AvgIpc) is 2.93. The van der Waals surface area contributed by atoms with E-state index in [1.54, 1.807) is 12.3 Å². The van der Waals surface area contributed by atoms with Gasteiger partial charge in [-0.25, -0.2) is 0 Å². The Balaban J connectivity index is 1.72. The summed E-state index contributed by atoms with van der Waals surface area (Å²) >= 11 is 0. The predicted molar refractivity (Wildman–Crippen MR) is 119 cm³/mol. The Morgan fingerprint density at radius 3 is 2.13 bits per heavy atom. The second kappa shape index (κ2) is 7.57. The van der Waals surface area contributed by atoms with E-state index < -0.39 is 6.10 Å². The molecule has 1 aliphatic carbocycles. The second-order valence-corrected chi connectivity index (χ2v) is 8.92. The van der Waals surface area contributed by atoms with Crippen molar-refractivity contribution in [2.45, 2.75) is 50.8 Å². The van der Waals surface area contributed by atoms with Crippen LogP contribution in [0.25, 0.3) is 0 Å². The smallest absolute Gasteiger partial charge is 0.274 e. The van der Waals surface area contributed by atoms with Crippen LogP contribution in [0.2, 0.25) is 0 Å². The number of fused-ring (bicyclic) bond motifs is 3. The number of amides is 1. The van der Waals surface area contributed by atoms with E-state index >= 15 is 0 Å². The van der Waals surface area contributed by atoms with E-state index in [4.69, 9.17) is 0 Å². The van der Waals surface area contributed by atoms with Crippen molar-refractivity contribution in [2.75, 3.05) is 6.54 Å². The van der Waals surface area contributed by atoms with E-state index in [0.717, 1.165) is 12.8 Å². The van der Waals surface area contributed by atoms with Crippen LogP contribution in [0.15, 0.2) is 72.3 Å². The van der Waals surface area contributed by atoms with E-state index in [2.05, 4.69) is 48.5 Å². The van der Waals surface area contributed by atoms with Crippen LogP contribution >= 0.6 is 0 Å². The Labute approximate surface area is 182 Å². The molecule has 2 aromatic rings. The van der Waals surface area contributed by atoms with E-state index in [9.17, 15) is 15.0 Å². The molecule has 160 valence electrons. The van der Waals surface area contributed by atoms with Crippen LogP contribution in [0.4, 0.5) is 0 Å². The van der Waals surface area contributed by atoms with Gasteiger partial charge in [-0.15, -0.1) is 0 Å². The Morgan fingerprint density at radius 1 is 0.968 bits per heavy atom. The molecule has 2 N–H and O–H groups in total. The number of carbonyl (C=O) groups excluding carboxylic acids is 1. The number of nitrogens with zero attached hydrogens (tertiary/aromatic N) is 2. The molecule has 0 spiro atoms. The van der Waals surface area contributed by atoms with Gasteiger partial charge in [-0.3, -0.25) is 4.79 Å². The third-order valence-electron chi connectivity index (χ3n) is 6.87. The number of aliphatic hydroxyl groups is 2. The van der Waals surface area contributed by atoms with Crippen molar-refractivity contribution in [1.82, 2.24) is 9.80 Å². The van der Waals surface area contributed by atoms with E-state index in [0.29, 0.717) is 6.54 Å². The largest absolute Gasteiger partial charge is 0.507 e. The van der Waals surface area contributed by atoms with Gasteiger partial charge in [-0.2, -0.15) is 0 Å². The first kappa shape index (κ1) is 19.9. The maximum Gasteiger partial charge on any atom is 0.274 e. The van der Waals surface area contributed by atoms with Crippen LogP contribution < -0.4 is 0 Å². The summed E-state index contributed by atoms with van der Waals surface area (Å²) in [5, 5.41) is 20.9. The summed E-state index contributed by atoms with van der Waals surface area (Å²) in [6.45, 7) is 4.53. The normalized spacial score (nSPS) is 23.5. The highest BCUT2D eigenvalue weighted by Crippen LogP contribution is 2.42. The fourth-order valence-electron chi connectivity index (χ4n) is 5.31. The molecule has 2 atom stereocenters. The van der Waals surface area contributed by atoms with Crippen molar-refractivity contribution in [3.05, 3.63) is 94.5 Å². The minimum Gasteiger partial charge on any atom is -0.507 e.